The molecule has 1 atom stereocenters. The molecular formula is C13H21N3OS. The van der Waals surface area contributed by atoms with Gasteiger partial charge in [0.25, 0.3) is 0 Å². The van der Waals surface area contributed by atoms with Crippen LogP contribution in [0.2, 0.25) is 0 Å². The molecule has 4 nitrogen and oxygen atoms in total. The van der Waals surface area contributed by atoms with Crippen LogP contribution in [0.5, 0.6) is 0 Å². The molecule has 0 fully saturated rings. The zero-order valence-electron chi connectivity index (χ0n) is 11.2. The fourth-order valence-electron chi connectivity index (χ4n) is 1.98. The maximum Gasteiger partial charge on any atom is 0.243 e. The summed E-state index contributed by atoms with van der Waals surface area (Å²) in [5, 5.41) is 3.55. The van der Waals surface area contributed by atoms with Gasteiger partial charge < -0.3 is 11.1 Å². The number of amides is 1. The highest BCUT2D eigenvalue weighted by molar-refractivity contribution is 7.15. The number of carbonyl (C=O) groups excluding carboxylic acids is 1. The van der Waals surface area contributed by atoms with Crippen molar-refractivity contribution in [2.24, 2.45) is 11.1 Å². The third-order valence-corrected chi connectivity index (χ3v) is 4.36. The highest BCUT2D eigenvalue weighted by Gasteiger charge is 2.28. The van der Waals surface area contributed by atoms with E-state index in [0.717, 1.165) is 18.5 Å². The molecule has 1 heterocycles. The van der Waals surface area contributed by atoms with E-state index in [1.807, 2.05) is 20.8 Å². The monoisotopic (exact) mass is 267 g/mol. The van der Waals surface area contributed by atoms with E-state index >= 15 is 0 Å². The van der Waals surface area contributed by atoms with Gasteiger partial charge in [-0.25, -0.2) is 4.98 Å². The maximum atomic E-state index is 12.0. The number of aryl methyl sites for hydroxylation is 2. The average molecular weight is 267 g/mol. The summed E-state index contributed by atoms with van der Waals surface area (Å²) in [6, 6.07) is -0.515. The van der Waals surface area contributed by atoms with Crippen molar-refractivity contribution in [3.05, 3.63) is 10.6 Å². The predicted octanol–water partition coefficient (Wildman–Crippen LogP) is 2.33. The first-order chi connectivity index (χ1) is 8.38. The first kappa shape index (κ1) is 13.5. The largest absolute Gasteiger partial charge is 0.319 e. The highest BCUT2D eigenvalue weighted by Crippen LogP contribution is 2.30. The van der Waals surface area contributed by atoms with Crippen LogP contribution < -0.4 is 11.1 Å². The Labute approximate surface area is 112 Å². The van der Waals surface area contributed by atoms with Gasteiger partial charge in [-0.05, 0) is 31.1 Å². The summed E-state index contributed by atoms with van der Waals surface area (Å²) >= 11 is 1.59. The lowest BCUT2D eigenvalue weighted by atomic mass is 9.87. The lowest BCUT2D eigenvalue weighted by molar-refractivity contribution is -0.119. The zero-order chi connectivity index (χ0) is 13.3. The summed E-state index contributed by atoms with van der Waals surface area (Å²) in [6.07, 6.45) is 4.55. The highest BCUT2D eigenvalue weighted by atomic mass is 32.1. The predicted molar refractivity (Wildman–Crippen MR) is 74.8 cm³/mol. The van der Waals surface area contributed by atoms with E-state index in [-0.39, 0.29) is 11.3 Å². The molecule has 100 valence electrons. The Morgan fingerprint density at radius 2 is 2.06 bits per heavy atom. The second-order valence-corrected chi connectivity index (χ2v) is 7.01. The molecule has 0 saturated heterocycles. The standard InChI is InChI=1S/C13H21N3OS/c1-13(2,3)10(14)11(17)16-12-15-8-6-4-5-7-9(8)18-12/h10H,4-7,14H2,1-3H3,(H,15,16,17)/t10-/m0/s1. The number of rotatable bonds is 2. The molecule has 0 spiro atoms. The molecule has 0 bridgehead atoms. The Balaban J connectivity index is 2.05. The third-order valence-electron chi connectivity index (χ3n) is 3.29. The van der Waals surface area contributed by atoms with Gasteiger partial charge in [0.05, 0.1) is 11.7 Å². The fraction of sp³-hybridized carbons (Fsp3) is 0.692. The minimum absolute atomic E-state index is 0.145. The normalized spacial score (nSPS) is 17.1. The number of fused-ring (bicyclic) bond motifs is 1. The van der Waals surface area contributed by atoms with Crippen molar-refractivity contribution in [1.82, 2.24) is 4.98 Å². The molecule has 1 aliphatic carbocycles. The zero-order valence-corrected chi connectivity index (χ0v) is 12.1. The third kappa shape index (κ3) is 2.90. The van der Waals surface area contributed by atoms with Gasteiger partial charge in [0.1, 0.15) is 0 Å². The van der Waals surface area contributed by atoms with Gasteiger partial charge in [0, 0.05) is 4.88 Å². The van der Waals surface area contributed by atoms with Crippen molar-refractivity contribution < 1.29 is 4.79 Å². The van der Waals surface area contributed by atoms with Crippen LogP contribution in [0.25, 0.3) is 0 Å². The van der Waals surface area contributed by atoms with E-state index < -0.39 is 6.04 Å². The number of nitrogens with two attached hydrogens (primary N) is 1. The smallest absolute Gasteiger partial charge is 0.243 e. The SMILES string of the molecule is CC(C)(C)[C@@H](N)C(=O)Nc1nc2c(s1)CCCC2. The molecule has 3 N–H and O–H groups in total. The molecule has 0 radical (unpaired) electrons. The van der Waals surface area contributed by atoms with Gasteiger partial charge in [-0.2, -0.15) is 0 Å². The Hall–Kier alpha value is -0.940. The van der Waals surface area contributed by atoms with Crippen molar-refractivity contribution in [2.75, 3.05) is 5.32 Å². The quantitative estimate of drug-likeness (QED) is 0.864. The van der Waals surface area contributed by atoms with Gasteiger partial charge >= 0.3 is 0 Å². The van der Waals surface area contributed by atoms with Crippen LogP contribution in [0.4, 0.5) is 5.13 Å². The summed E-state index contributed by atoms with van der Waals surface area (Å²) in [4.78, 5) is 17.8. The van der Waals surface area contributed by atoms with Crippen LogP contribution in [0.1, 0.15) is 44.2 Å². The summed E-state index contributed by atoms with van der Waals surface area (Å²) in [5.41, 5.74) is 6.85. The van der Waals surface area contributed by atoms with Gasteiger partial charge in [-0.3, -0.25) is 4.79 Å². The van der Waals surface area contributed by atoms with Crippen LogP contribution in [-0.4, -0.2) is 16.9 Å². The summed E-state index contributed by atoms with van der Waals surface area (Å²) in [7, 11) is 0. The van der Waals surface area contributed by atoms with Gasteiger partial charge in [-0.1, -0.05) is 20.8 Å². The minimum atomic E-state index is -0.515. The summed E-state index contributed by atoms with van der Waals surface area (Å²) < 4.78 is 0. The molecule has 0 unspecified atom stereocenters. The van der Waals surface area contributed by atoms with Crippen LogP contribution >= 0.6 is 11.3 Å². The fourth-order valence-corrected chi connectivity index (χ4v) is 3.03. The van der Waals surface area contributed by atoms with E-state index in [1.54, 1.807) is 11.3 Å². The number of nitrogens with one attached hydrogen (secondary N) is 1. The topological polar surface area (TPSA) is 68.0 Å². The molecule has 18 heavy (non-hydrogen) atoms. The second kappa shape index (κ2) is 4.97. The lowest BCUT2D eigenvalue weighted by Crippen LogP contribution is -2.45. The molecule has 5 heteroatoms. The molecule has 0 aromatic carbocycles. The van der Waals surface area contributed by atoms with Crippen molar-refractivity contribution in [3.63, 3.8) is 0 Å². The van der Waals surface area contributed by atoms with E-state index in [4.69, 9.17) is 5.73 Å². The molecular weight excluding hydrogens is 246 g/mol. The van der Waals surface area contributed by atoms with Gasteiger partial charge in [0.2, 0.25) is 5.91 Å². The van der Waals surface area contributed by atoms with Crippen LogP contribution in [0, 0.1) is 5.41 Å². The molecule has 1 aromatic heterocycles. The number of anilines is 1. The first-order valence-corrected chi connectivity index (χ1v) is 7.24. The Kier molecular flexibility index (Phi) is 3.73. The number of hydrogen-bond acceptors (Lipinski definition) is 4. The van der Waals surface area contributed by atoms with Crippen molar-refractivity contribution >= 4 is 22.4 Å². The van der Waals surface area contributed by atoms with Crippen molar-refractivity contribution in [1.29, 1.82) is 0 Å². The number of nitrogens with zero attached hydrogens (tertiary/aromatic N) is 1. The maximum absolute atomic E-state index is 12.0. The Bertz CT molecular complexity index is 424. The number of hydrogen-bond donors (Lipinski definition) is 2. The minimum Gasteiger partial charge on any atom is -0.319 e. The van der Waals surface area contributed by atoms with Crippen molar-refractivity contribution in [3.8, 4) is 0 Å². The van der Waals surface area contributed by atoms with Gasteiger partial charge in [-0.15, -0.1) is 11.3 Å². The Morgan fingerprint density at radius 1 is 1.39 bits per heavy atom. The molecule has 0 aliphatic heterocycles. The van der Waals surface area contributed by atoms with Crippen molar-refractivity contribution in [2.45, 2.75) is 52.5 Å². The summed E-state index contributed by atoms with van der Waals surface area (Å²) in [6.45, 7) is 5.89. The first-order valence-electron chi connectivity index (χ1n) is 6.43. The number of aromatic nitrogens is 1. The Morgan fingerprint density at radius 3 is 2.67 bits per heavy atom. The average Bonchev–Trinajstić information content (AvgIpc) is 2.68. The van der Waals surface area contributed by atoms with Crippen LogP contribution in [0.3, 0.4) is 0 Å². The van der Waals surface area contributed by atoms with E-state index in [0.29, 0.717) is 5.13 Å². The molecule has 1 aromatic rings. The van der Waals surface area contributed by atoms with Crippen LogP contribution in [-0.2, 0) is 17.6 Å². The molecule has 1 amide bonds. The molecule has 2 rings (SSSR count). The van der Waals surface area contributed by atoms with E-state index in [9.17, 15) is 4.79 Å². The van der Waals surface area contributed by atoms with E-state index in [1.165, 1.54) is 17.7 Å². The number of thiazole rings is 1. The van der Waals surface area contributed by atoms with Gasteiger partial charge in [0.15, 0.2) is 5.13 Å². The van der Waals surface area contributed by atoms with Crippen LogP contribution in [0.15, 0.2) is 0 Å². The summed E-state index contributed by atoms with van der Waals surface area (Å²) in [5.74, 6) is -0.145. The lowest BCUT2D eigenvalue weighted by Gasteiger charge is -2.25. The second-order valence-electron chi connectivity index (χ2n) is 5.93. The number of carbonyl (C=O) groups is 1. The molecule has 1 aliphatic rings. The molecule has 0 saturated carbocycles. The van der Waals surface area contributed by atoms with E-state index in [2.05, 4.69) is 10.3 Å².